The highest BCUT2D eigenvalue weighted by atomic mass is 32.2. The molecule has 38 heavy (non-hydrogen) atoms. The highest BCUT2D eigenvalue weighted by Gasteiger charge is 2.11. The Morgan fingerprint density at radius 2 is 1.71 bits per heavy atom. The highest BCUT2D eigenvalue weighted by Crippen LogP contribution is 2.27. The molecule has 0 atom stereocenters. The summed E-state index contributed by atoms with van der Waals surface area (Å²) in [7, 11) is 0. The van der Waals surface area contributed by atoms with Gasteiger partial charge in [-0.3, -0.25) is 9.59 Å². The molecule has 6 nitrogen and oxygen atoms in total. The van der Waals surface area contributed by atoms with E-state index >= 15 is 0 Å². The summed E-state index contributed by atoms with van der Waals surface area (Å²) in [4.78, 5) is 30.8. The number of ether oxygens (including phenoxy) is 1. The molecule has 190 valence electrons. The van der Waals surface area contributed by atoms with Crippen LogP contribution in [0.4, 0.5) is 10.8 Å². The first-order chi connectivity index (χ1) is 18.6. The number of amides is 2. The SMILES string of the molecule is CCOc1ccc(-c2csc(NC(=O)CSc3cccc(NC(=O)c4ccc5ccccc5c4)c3)n2)cc1. The van der Waals surface area contributed by atoms with E-state index in [0.29, 0.717) is 23.0 Å². The van der Waals surface area contributed by atoms with Gasteiger partial charge in [0.05, 0.1) is 18.1 Å². The van der Waals surface area contributed by atoms with E-state index in [9.17, 15) is 9.59 Å². The Balaban J connectivity index is 1.15. The van der Waals surface area contributed by atoms with Crippen molar-refractivity contribution in [2.45, 2.75) is 11.8 Å². The van der Waals surface area contributed by atoms with Gasteiger partial charge in [-0.15, -0.1) is 23.1 Å². The molecule has 0 fully saturated rings. The minimum atomic E-state index is -0.178. The second kappa shape index (κ2) is 11.9. The van der Waals surface area contributed by atoms with Gasteiger partial charge in [-0.05, 0) is 72.3 Å². The minimum absolute atomic E-state index is 0.145. The largest absolute Gasteiger partial charge is 0.494 e. The number of thioether (sulfide) groups is 1. The van der Waals surface area contributed by atoms with Gasteiger partial charge in [0, 0.05) is 27.1 Å². The zero-order valence-corrected chi connectivity index (χ0v) is 22.3. The average Bonchev–Trinajstić information content (AvgIpc) is 3.41. The van der Waals surface area contributed by atoms with Crippen LogP contribution in [-0.4, -0.2) is 29.2 Å². The highest BCUT2D eigenvalue weighted by molar-refractivity contribution is 8.00. The zero-order valence-electron chi connectivity index (χ0n) is 20.6. The zero-order chi connectivity index (χ0) is 26.3. The number of hydrogen-bond acceptors (Lipinski definition) is 6. The fraction of sp³-hybridized carbons (Fsp3) is 0.100. The number of benzene rings is 4. The molecule has 8 heteroatoms. The molecular weight excluding hydrogens is 514 g/mol. The lowest BCUT2D eigenvalue weighted by atomic mass is 10.1. The molecule has 1 heterocycles. The standard InChI is InChI=1S/C30H25N3O3S2/c1-2-36-25-14-12-21(13-15-25)27-18-38-30(32-27)33-28(34)19-37-26-9-5-8-24(17-26)31-29(35)23-11-10-20-6-3-4-7-22(20)16-23/h3-18H,2,19H2,1H3,(H,31,35)(H,32,33,34). The van der Waals surface area contributed by atoms with E-state index in [0.717, 1.165) is 32.7 Å². The molecule has 0 saturated carbocycles. The van der Waals surface area contributed by atoms with Crippen molar-refractivity contribution in [1.82, 2.24) is 4.98 Å². The van der Waals surface area contributed by atoms with Gasteiger partial charge in [-0.2, -0.15) is 0 Å². The maximum absolute atomic E-state index is 12.8. The van der Waals surface area contributed by atoms with Crippen molar-refractivity contribution in [3.8, 4) is 17.0 Å². The van der Waals surface area contributed by atoms with Crippen LogP contribution in [-0.2, 0) is 4.79 Å². The predicted molar refractivity (Wildman–Crippen MR) is 156 cm³/mol. The molecule has 0 saturated heterocycles. The van der Waals surface area contributed by atoms with E-state index in [4.69, 9.17) is 4.74 Å². The topological polar surface area (TPSA) is 80.3 Å². The molecule has 0 aliphatic heterocycles. The van der Waals surface area contributed by atoms with Crippen molar-refractivity contribution >= 4 is 56.5 Å². The number of thiazole rings is 1. The summed E-state index contributed by atoms with van der Waals surface area (Å²) in [5.74, 6) is 0.713. The van der Waals surface area contributed by atoms with E-state index in [1.54, 1.807) is 0 Å². The van der Waals surface area contributed by atoms with Gasteiger partial charge >= 0.3 is 0 Å². The molecule has 0 spiro atoms. The van der Waals surface area contributed by atoms with Gasteiger partial charge in [0.25, 0.3) is 5.91 Å². The third kappa shape index (κ3) is 6.40. The molecule has 2 N–H and O–H groups in total. The van der Waals surface area contributed by atoms with Crippen molar-refractivity contribution in [3.05, 3.63) is 102 Å². The monoisotopic (exact) mass is 539 g/mol. The molecule has 0 radical (unpaired) electrons. The molecule has 0 bridgehead atoms. The van der Waals surface area contributed by atoms with Crippen LogP contribution in [0.3, 0.4) is 0 Å². The lowest BCUT2D eigenvalue weighted by Crippen LogP contribution is -2.14. The number of nitrogens with zero attached hydrogens (tertiary/aromatic N) is 1. The van der Waals surface area contributed by atoms with Gasteiger partial charge in [-0.1, -0.05) is 36.4 Å². The lowest BCUT2D eigenvalue weighted by molar-refractivity contribution is -0.113. The van der Waals surface area contributed by atoms with Crippen LogP contribution < -0.4 is 15.4 Å². The van der Waals surface area contributed by atoms with Crippen LogP contribution in [0.5, 0.6) is 5.75 Å². The van der Waals surface area contributed by atoms with Gasteiger partial charge in [0.2, 0.25) is 5.91 Å². The van der Waals surface area contributed by atoms with Crippen molar-refractivity contribution < 1.29 is 14.3 Å². The van der Waals surface area contributed by atoms with Gasteiger partial charge < -0.3 is 15.4 Å². The Hall–Kier alpha value is -4.14. The molecule has 0 aliphatic rings. The molecule has 2 amide bonds. The average molecular weight is 540 g/mol. The first-order valence-electron chi connectivity index (χ1n) is 12.1. The lowest BCUT2D eigenvalue weighted by Gasteiger charge is -2.08. The van der Waals surface area contributed by atoms with E-state index in [1.807, 2.05) is 103 Å². The summed E-state index contributed by atoms with van der Waals surface area (Å²) in [6, 6.07) is 28.8. The summed E-state index contributed by atoms with van der Waals surface area (Å²) >= 11 is 2.78. The van der Waals surface area contributed by atoms with Crippen molar-refractivity contribution in [1.29, 1.82) is 0 Å². The molecule has 4 aromatic carbocycles. The van der Waals surface area contributed by atoms with Crippen LogP contribution in [0.2, 0.25) is 0 Å². The first kappa shape index (κ1) is 25.5. The Morgan fingerprint density at radius 1 is 0.895 bits per heavy atom. The third-order valence-corrected chi connectivity index (χ3v) is 7.44. The summed E-state index contributed by atoms with van der Waals surface area (Å²) in [6.07, 6.45) is 0. The molecule has 5 rings (SSSR count). The van der Waals surface area contributed by atoms with Crippen molar-refractivity contribution in [3.63, 3.8) is 0 Å². The van der Waals surface area contributed by atoms with Crippen molar-refractivity contribution in [2.24, 2.45) is 0 Å². The summed E-state index contributed by atoms with van der Waals surface area (Å²) < 4.78 is 5.48. The van der Waals surface area contributed by atoms with E-state index < -0.39 is 0 Å². The molecule has 1 aromatic heterocycles. The van der Waals surface area contributed by atoms with E-state index in [-0.39, 0.29) is 17.6 Å². The van der Waals surface area contributed by atoms with Gasteiger partial charge in [-0.25, -0.2) is 4.98 Å². The number of carbonyl (C=O) groups is 2. The quantitative estimate of drug-likeness (QED) is 0.192. The summed E-state index contributed by atoms with van der Waals surface area (Å²) in [5.41, 5.74) is 3.03. The Morgan fingerprint density at radius 3 is 2.53 bits per heavy atom. The predicted octanol–water partition coefficient (Wildman–Crippen LogP) is 7.35. The van der Waals surface area contributed by atoms with E-state index in [1.165, 1.54) is 23.1 Å². The molecular formula is C30H25N3O3S2. The van der Waals surface area contributed by atoms with Crippen LogP contribution >= 0.6 is 23.1 Å². The maximum atomic E-state index is 12.8. The second-order valence-corrected chi connectivity index (χ2v) is 10.3. The van der Waals surface area contributed by atoms with Crippen molar-refractivity contribution in [2.75, 3.05) is 23.0 Å². The number of hydrogen-bond donors (Lipinski definition) is 2. The smallest absolute Gasteiger partial charge is 0.255 e. The normalized spacial score (nSPS) is 10.8. The molecule has 0 aliphatic carbocycles. The van der Waals surface area contributed by atoms with Crippen LogP contribution in [0.1, 0.15) is 17.3 Å². The summed E-state index contributed by atoms with van der Waals surface area (Å²) in [6.45, 7) is 2.57. The van der Waals surface area contributed by atoms with E-state index in [2.05, 4.69) is 15.6 Å². The first-order valence-corrected chi connectivity index (χ1v) is 14.0. The number of nitrogens with one attached hydrogen (secondary N) is 2. The Labute approximate surface area is 229 Å². The number of rotatable bonds is 9. The molecule has 0 unspecified atom stereocenters. The van der Waals surface area contributed by atoms with Crippen LogP contribution in [0.25, 0.3) is 22.0 Å². The summed E-state index contributed by atoms with van der Waals surface area (Å²) in [5, 5.41) is 10.4. The van der Waals surface area contributed by atoms with Gasteiger partial charge in [0.15, 0.2) is 5.13 Å². The number of anilines is 2. The Kier molecular flexibility index (Phi) is 8.01. The fourth-order valence-electron chi connectivity index (χ4n) is 3.85. The second-order valence-electron chi connectivity index (χ2n) is 8.38. The number of carbonyl (C=O) groups excluding carboxylic acids is 2. The van der Waals surface area contributed by atoms with Gasteiger partial charge in [0.1, 0.15) is 5.75 Å². The number of aromatic nitrogens is 1. The maximum Gasteiger partial charge on any atom is 0.255 e. The van der Waals surface area contributed by atoms with Crippen LogP contribution in [0.15, 0.2) is 101 Å². The fourth-order valence-corrected chi connectivity index (χ4v) is 5.34. The minimum Gasteiger partial charge on any atom is -0.494 e. The number of fused-ring (bicyclic) bond motifs is 1. The molecule has 5 aromatic rings. The van der Waals surface area contributed by atoms with Crippen LogP contribution in [0, 0.1) is 0 Å². The Bertz CT molecular complexity index is 1580. The third-order valence-electron chi connectivity index (χ3n) is 5.69.